The molecule has 1 aromatic carbocycles. The van der Waals surface area contributed by atoms with E-state index in [1.165, 1.54) is 5.56 Å². The molecule has 0 N–H and O–H groups in total. The summed E-state index contributed by atoms with van der Waals surface area (Å²) in [5.41, 5.74) is 2.31. The Balaban J connectivity index is 1.66. The molecule has 1 saturated heterocycles. The number of benzene rings is 1. The molecule has 5 nitrogen and oxygen atoms in total. The summed E-state index contributed by atoms with van der Waals surface area (Å²) in [6, 6.07) is 6.25. The number of ether oxygens (including phenoxy) is 1. The number of hydrogen-bond donors (Lipinski definition) is 0. The second-order valence-corrected chi connectivity index (χ2v) is 5.17. The van der Waals surface area contributed by atoms with Crippen molar-refractivity contribution in [2.45, 2.75) is 19.9 Å². The molecule has 20 heavy (non-hydrogen) atoms. The number of carbonyl (C=O) groups is 1. The topological polar surface area (TPSA) is 47.4 Å². The predicted octanol–water partition coefficient (Wildman–Crippen LogP) is 1.59. The quantitative estimate of drug-likeness (QED) is 0.853. The van der Waals surface area contributed by atoms with Gasteiger partial charge < -0.3 is 9.64 Å². The smallest absolute Gasteiger partial charge is 0.224 e. The molecule has 2 heterocycles. The van der Waals surface area contributed by atoms with Crippen LogP contribution in [0.1, 0.15) is 12.0 Å². The fourth-order valence-electron chi connectivity index (χ4n) is 2.56. The molecule has 1 amide bonds. The van der Waals surface area contributed by atoms with E-state index in [4.69, 9.17) is 4.74 Å². The minimum absolute atomic E-state index is 0.184. The van der Waals surface area contributed by atoms with E-state index < -0.39 is 0 Å². The van der Waals surface area contributed by atoms with Crippen LogP contribution in [0, 0.1) is 6.92 Å². The molecule has 5 heteroatoms. The maximum absolute atomic E-state index is 12.1. The highest BCUT2D eigenvalue weighted by Gasteiger charge is 2.16. The molecule has 1 aliphatic rings. The average molecular weight is 273 g/mol. The second-order valence-electron chi connectivity index (χ2n) is 5.17. The van der Waals surface area contributed by atoms with Gasteiger partial charge in [-0.15, -0.1) is 0 Å². The van der Waals surface area contributed by atoms with Gasteiger partial charge in [0.25, 0.3) is 0 Å². The highest BCUT2D eigenvalue weighted by molar-refractivity contribution is 5.80. The summed E-state index contributed by atoms with van der Waals surface area (Å²) in [7, 11) is 0. The zero-order chi connectivity index (χ0) is 13.9. The molecule has 3 rings (SSSR count). The molecule has 2 aromatic rings. The van der Waals surface area contributed by atoms with Crippen LogP contribution >= 0.6 is 0 Å². The number of aryl methyl sites for hydroxylation is 2. The van der Waals surface area contributed by atoms with Gasteiger partial charge in [-0.05, 0) is 19.1 Å². The summed E-state index contributed by atoms with van der Waals surface area (Å²) >= 11 is 0. The lowest BCUT2D eigenvalue weighted by molar-refractivity contribution is -0.135. The summed E-state index contributed by atoms with van der Waals surface area (Å²) in [5.74, 6) is 0.184. The van der Waals surface area contributed by atoms with Gasteiger partial charge in [0, 0.05) is 24.9 Å². The van der Waals surface area contributed by atoms with Crippen molar-refractivity contribution in [3.63, 3.8) is 0 Å². The Bertz CT molecular complexity index is 615. The molecule has 1 aromatic heterocycles. The Morgan fingerprint density at radius 1 is 1.35 bits per heavy atom. The van der Waals surface area contributed by atoms with Crippen molar-refractivity contribution >= 4 is 16.8 Å². The van der Waals surface area contributed by atoms with E-state index in [0.717, 1.165) is 10.9 Å². The van der Waals surface area contributed by atoms with E-state index in [1.807, 2.05) is 15.8 Å². The van der Waals surface area contributed by atoms with Crippen LogP contribution in [0.4, 0.5) is 0 Å². The van der Waals surface area contributed by atoms with E-state index in [0.29, 0.717) is 39.3 Å². The Morgan fingerprint density at radius 3 is 2.95 bits per heavy atom. The molecule has 106 valence electrons. The highest BCUT2D eigenvalue weighted by atomic mass is 16.5. The number of aromatic nitrogens is 2. The number of nitrogens with zero attached hydrogens (tertiary/aromatic N) is 3. The molecular formula is C15H19N3O2. The molecule has 0 bridgehead atoms. The molecule has 1 fully saturated rings. The summed E-state index contributed by atoms with van der Waals surface area (Å²) in [6.07, 6.45) is 2.35. The first-order valence-corrected chi connectivity index (χ1v) is 7.02. The maximum atomic E-state index is 12.1. The van der Waals surface area contributed by atoms with E-state index >= 15 is 0 Å². The van der Waals surface area contributed by atoms with Crippen molar-refractivity contribution in [1.29, 1.82) is 0 Å². The zero-order valence-corrected chi connectivity index (χ0v) is 11.7. The molecule has 1 aliphatic heterocycles. The van der Waals surface area contributed by atoms with Gasteiger partial charge in [0.15, 0.2) is 0 Å². The fourth-order valence-corrected chi connectivity index (χ4v) is 2.56. The Hall–Kier alpha value is -1.88. The number of hydrogen-bond acceptors (Lipinski definition) is 3. The number of morpholine rings is 1. The average Bonchev–Trinajstić information content (AvgIpc) is 2.88. The highest BCUT2D eigenvalue weighted by Crippen LogP contribution is 2.15. The van der Waals surface area contributed by atoms with Gasteiger partial charge in [0.05, 0.1) is 31.5 Å². The van der Waals surface area contributed by atoms with Gasteiger partial charge in [-0.1, -0.05) is 11.6 Å². The summed E-state index contributed by atoms with van der Waals surface area (Å²) < 4.78 is 7.17. The first-order chi connectivity index (χ1) is 9.74. The van der Waals surface area contributed by atoms with Gasteiger partial charge in [-0.3, -0.25) is 9.48 Å². The first kappa shape index (κ1) is 13.1. The van der Waals surface area contributed by atoms with Crippen molar-refractivity contribution in [2.24, 2.45) is 0 Å². The lowest BCUT2D eigenvalue weighted by Gasteiger charge is -2.26. The van der Waals surface area contributed by atoms with E-state index in [-0.39, 0.29) is 5.91 Å². The van der Waals surface area contributed by atoms with Crippen LogP contribution in [0.3, 0.4) is 0 Å². The monoisotopic (exact) mass is 273 g/mol. The molecule has 0 aliphatic carbocycles. The van der Waals surface area contributed by atoms with Gasteiger partial charge in [-0.2, -0.15) is 5.10 Å². The van der Waals surface area contributed by atoms with Crippen molar-refractivity contribution in [1.82, 2.24) is 14.7 Å². The van der Waals surface area contributed by atoms with E-state index in [2.05, 4.69) is 30.2 Å². The van der Waals surface area contributed by atoms with Crippen LogP contribution in [0.15, 0.2) is 24.4 Å². The Labute approximate surface area is 118 Å². The molecule has 0 atom stereocenters. The standard InChI is InChI=1S/C15H19N3O2/c1-12-2-3-14-13(10-12)11-16-18(14)5-4-15(19)17-6-8-20-9-7-17/h2-3,10-11H,4-9H2,1H3. The fraction of sp³-hybridized carbons (Fsp3) is 0.467. The van der Waals surface area contributed by atoms with Gasteiger partial charge >= 0.3 is 0 Å². The third-order valence-corrected chi connectivity index (χ3v) is 3.70. The number of amides is 1. The Kier molecular flexibility index (Phi) is 3.69. The third-order valence-electron chi connectivity index (χ3n) is 3.70. The lowest BCUT2D eigenvalue weighted by atomic mass is 10.2. The normalized spacial score (nSPS) is 15.8. The van der Waals surface area contributed by atoms with Gasteiger partial charge in [-0.25, -0.2) is 0 Å². The van der Waals surface area contributed by atoms with Crippen LogP contribution in [0.2, 0.25) is 0 Å². The van der Waals surface area contributed by atoms with Crippen molar-refractivity contribution in [3.8, 4) is 0 Å². The predicted molar refractivity (Wildman–Crippen MR) is 76.5 cm³/mol. The summed E-state index contributed by atoms with van der Waals surface area (Å²) in [6.45, 7) is 5.41. The van der Waals surface area contributed by atoms with Gasteiger partial charge in [0.1, 0.15) is 0 Å². The van der Waals surface area contributed by atoms with Crippen LogP contribution in [0.5, 0.6) is 0 Å². The first-order valence-electron chi connectivity index (χ1n) is 7.02. The minimum atomic E-state index is 0.184. The molecule has 0 radical (unpaired) electrons. The van der Waals surface area contributed by atoms with Crippen molar-refractivity contribution < 1.29 is 9.53 Å². The van der Waals surface area contributed by atoms with Crippen LogP contribution in [0.25, 0.3) is 10.9 Å². The van der Waals surface area contributed by atoms with Crippen LogP contribution in [-0.4, -0.2) is 46.9 Å². The maximum Gasteiger partial charge on any atom is 0.224 e. The van der Waals surface area contributed by atoms with Crippen LogP contribution < -0.4 is 0 Å². The zero-order valence-electron chi connectivity index (χ0n) is 11.7. The molecule has 0 spiro atoms. The minimum Gasteiger partial charge on any atom is -0.378 e. The summed E-state index contributed by atoms with van der Waals surface area (Å²) in [4.78, 5) is 14.0. The van der Waals surface area contributed by atoms with Crippen LogP contribution in [-0.2, 0) is 16.1 Å². The van der Waals surface area contributed by atoms with E-state index in [9.17, 15) is 4.79 Å². The molecule has 0 unspecified atom stereocenters. The molecule has 0 saturated carbocycles. The number of carbonyl (C=O) groups excluding carboxylic acids is 1. The Morgan fingerprint density at radius 2 is 2.15 bits per heavy atom. The number of fused-ring (bicyclic) bond motifs is 1. The van der Waals surface area contributed by atoms with Crippen molar-refractivity contribution in [3.05, 3.63) is 30.0 Å². The largest absolute Gasteiger partial charge is 0.378 e. The summed E-state index contributed by atoms with van der Waals surface area (Å²) in [5, 5.41) is 5.50. The second kappa shape index (κ2) is 5.63. The SMILES string of the molecule is Cc1ccc2c(cnn2CCC(=O)N2CCOCC2)c1. The third kappa shape index (κ3) is 2.67. The molecular weight excluding hydrogens is 254 g/mol. The van der Waals surface area contributed by atoms with Gasteiger partial charge in [0.2, 0.25) is 5.91 Å². The number of rotatable bonds is 3. The van der Waals surface area contributed by atoms with E-state index in [1.54, 1.807) is 0 Å². The lowest BCUT2D eigenvalue weighted by Crippen LogP contribution is -2.41. The van der Waals surface area contributed by atoms with Crippen molar-refractivity contribution in [2.75, 3.05) is 26.3 Å².